The van der Waals surface area contributed by atoms with Gasteiger partial charge >= 0.3 is 0 Å². The second-order valence-corrected chi connectivity index (χ2v) is 7.35. The van der Waals surface area contributed by atoms with Crippen LogP contribution in [0.5, 0.6) is 0 Å². The van der Waals surface area contributed by atoms with E-state index < -0.39 is 10.2 Å². The molecule has 0 aromatic heterocycles. The molecule has 0 saturated carbocycles. The average Bonchev–Trinajstić information content (AvgIpc) is 2.37. The molecule has 20 heavy (non-hydrogen) atoms. The first-order chi connectivity index (χ1) is 9.31. The smallest absolute Gasteiger partial charge is 0.279 e. The second kappa shape index (κ2) is 7.73. The maximum absolute atomic E-state index is 12.1. The highest BCUT2D eigenvalue weighted by Crippen LogP contribution is 2.06. The lowest BCUT2D eigenvalue weighted by Gasteiger charge is -2.20. The molecule has 0 aliphatic rings. The number of hydrogen-bond acceptors (Lipinski definition) is 3. The third kappa shape index (κ3) is 6.00. The highest BCUT2D eigenvalue weighted by atomic mass is 32.2. The molecule has 0 amide bonds. The average molecular weight is 299 g/mol. The monoisotopic (exact) mass is 299 g/mol. The molecule has 0 bridgehead atoms. The summed E-state index contributed by atoms with van der Waals surface area (Å²) >= 11 is 0. The van der Waals surface area contributed by atoms with Gasteiger partial charge in [0.25, 0.3) is 10.2 Å². The lowest BCUT2D eigenvalue weighted by atomic mass is 10.1. The van der Waals surface area contributed by atoms with Crippen LogP contribution in [0.3, 0.4) is 0 Å². The largest absolute Gasteiger partial charge is 0.327 e. The van der Waals surface area contributed by atoms with Gasteiger partial charge in [0.05, 0.1) is 0 Å². The summed E-state index contributed by atoms with van der Waals surface area (Å²) in [7, 11) is -1.93. The summed E-state index contributed by atoms with van der Waals surface area (Å²) in [6.07, 6.45) is 0.797. The van der Waals surface area contributed by atoms with Gasteiger partial charge in [0, 0.05) is 26.2 Å². The molecule has 0 heterocycles. The molecule has 0 saturated heterocycles. The zero-order valence-corrected chi connectivity index (χ0v) is 13.2. The van der Waals surface area contributed by atoms with Crippen LogP contribution in [-0.4, -0.2) is 32.4 Å². The van der Waals surface area contributed by atoms with Gasteiger partial charge in [0.2, 0.25) is 0 Å². The molecule has 0 radical (unpaired) electrons. The number of benzene rings is 1. The van der Waals surface area contributed by atoms with Crippen LogP contribution < -0.4 is 10.5 Å². The van der Waals surface area contributed by atoms with Gasteiger partial charge in [0.15, 0.2) is 0 Å². The van der Waals surface area contributed by atoms with E-state index in [4.69, 9.17) is 5.73 Å². The van der Waals surface area contributed by atoms with Crippen molar-refractivity contribution in [1.82, 2.24) is 9.03 Å². The van der Waals surface area contributed by atoms with Crippen LogP contribution in [0.15, 0.2) is 30.3 Å². The number of hydrogen-bond donors (Lipinski definition) is 2. The fourth-order valence-electron chi connectivity index (χ4n) is 1.94. The Balaban J connectivity index is 2.51. The summed E-state index contributed by atoms with van der Waals surface area (Å²) < 4.78 is 28.0. The van der Waals surface area contributed by atoms with Crippen LogP contribution in [0, 0.1) is 5.92 Å². The molecule has 1 rings (SSSR count). The summed E-state index contributed by atoms with van der Waals surface area (Å²) in [4.78, 5) is 0. The zero-order valence-electron chi connectivity index (χ0n) is 12.4. The van der Waals surface area contributed by atoms with E-state index in [9.17, 15) is 8.42 Å². The molecule has 1 aromatic carbocycles. The fourth-order valence-corrected chi connectivity index (χ4v) is 2.90. The molecule has 6 heteroatoms. The summed E-state index contributed by atoms with van der Waals surface area (Å²) in [5.74, 6) is 0.455. The van der Waals surface area contributed by atoms with E-state index in [1.807, 2.05) is 30.3 Å². The third-order valence-electron chi connectivity index (χ3n) is 2.96. The molecule has 1 unspecified atom stereocenters. The van der Waals surface area contributed by atoms with E-state index in [2.05, 4.69) is 18.6 Å². The summed E-state index contributed by atoms with van der Waals surface area (Å²) in [5, 5.41) is 0. The van der Waals surface area contributed by atoms with E-state index in [1.165, 1.54) is 4.31 Å². The van der Waals surface area contributed by atoms with Crippen molar-refractivity contribution >= 4 is 10.2 Å². The summed E-state index contributed by atoms with van der Waals surface area (Å²) in [6.45, 7) is 4.74. The first kappa shape index (κ1) is 17.1. The number of nitrogens with two attached hydrogens (primary N) is 1. The zero-order chi connectivity index (χ0) is 15.2. The minimum absolute atomic E-state index is 0.157. The van der Waals surface area contributed by atoms with Crippen molar-refractivity contribution < 1.29 is 8.42 Å². The SMILES string of the molecule is CC(C)CC(N)CNS(=O)(=O)N(C)Cc1ccccc1. The van der Waals surface area contributed by atoms with Gasteiger partial charge in [-0.05, 0) is 17.9 Å². The Bertz CT molecular complexity index is 488. The molecule has 1 atom stereocenters. The van der Waals surface area contributed by atoms with Crippen LogP contribution in [0.4, 0.5) is 0 Å². The van der Waals surface area contributed by atoms with E-state index in [1.54, 1.807) is 7.05 Å². The van der Waals surface area contributed by atoms with E-state index in [-0.39, 0.29) is 12.6 Å². The maximum atomic E-state index is 12.1. The van der Waals surface area contributed by atoms with E-state index in [0.717, 1.165) is 12.0 Å². The van der Waals surface area contributed by atoms with Crippen molar-refractivity contribution in [2.45, 2.75) is 32.9 Å². The quantitative estimate of drug-likeness (QED) is 0.760. The molecule has 0 aliphatic carbocycles. The minimum atomic E-state index is -3.49. The molecule has 114 valence electrons. The Hall–Kier alpha value is -0.950. The van der Waals surface area contributed by atoms with Crippen molar-refractivity contribution in [2.24, 2.45) is 11.7 Å². The molecule has 0 spiro atoms. The molecule has 0 aliphatic heterocycles. The highest BCUT2D eigenvalue weighted by Gasteiger charge is 2.18. The lowest BCUT2D eigenvalue weighted by molar-refractivity contribution is 0.441. The van der Waals surface area contributed by atoms with Crippen LogP contribution in [0.2, 0.25) is 0 Å². The molecular weight excluding hydrogens is 274 g/mol. The molecule has 3 N–H and O–H groups in total. The maximum Gasteiger partial charge on any atom is 0.279 e. The number of rotatable bonds is 8. The van der Waals surface area contributed by atoms with Crippen molar-refractivity contribution in [3.8, 4) is 0 Å². The van der Waals surface area contributed by atoms with Crippen LogP contribution in [0.1, 0.15) is 25.8 Å². The van der Waals surface area contributed by atoms with Crippen molar-refractivity contribution in [1.29, 1.82) is 0 Å². The first-order valence-corrected chi connectivity index (χ1v) is 8.25. The van der Waals surface area contributed by atoms with Crippen molar-refractivity contribution in [2.75, 3.05) is 13.6 Å². The summed E-state index contributed by atoms with van der Waals surface area (Å²) in [5.41, 5.74) is 6.84. The Morgan fingerprint density at radius 3 is 2.40 bits per heavy atom. The Kier molecular flexibility index (Phi) is 6.61. The summed E-state index contributed by atoms with van der Waals surface area (Å²) in [6, 6.07) is 9.33. The first-order valence-electron chi connectivity index (χ1n) is 6.81. The predicted molar refractivity (Wildman–Crippen MR) is 82.3 cm³/mol. The van der Waals surface area contributed by atoms with Gasteiger partial charge < -0.3 is 5.73 Å². The van der Waals surface area contributed by atoms with Gasteiger partial charge in [-0.1, -0.05) is 44.2 Å². The molecular formula is C14H25N3O2S. The van der Waals surface area contributed by atoms with Crippen LogP contribution in [-0.2, 0) is 16.8 Å². The minimum Gasteiger partial charge on any atom is -0.327 e. The normalized spacial score (nSPS) is 13.9. The second-order valence-electron chi connectivity index (χ2n) is 5.48. The van der Waals surface area contributed by atoms with E-state index in [0.29, 0.717) is 12.5 Å². The van der Waals surface area contributed by atoms with Crippen LogP contribution in [0.25, 0.3) is 0 Å². The van der Waals surface area contributed by atoms with Gasteiger partial charge in [-0.15, -0.1) is 0 Å². The Morgan fingerprint density at radius 1 is 1.25 bits per heavy atom. The van der Waals surface area contributed by atoms with Gasteiger partial charge in [-0.25, -0.2) is 4.72 Å². The van der Waals surface area contributed by atoms with Gasteiger partial charge in [-0.2, -0.15) is 12.7 Å². The lowest BCUT2D eigenvalue weighted by Crippen LogP contribution is -2.43. The standard InChI is InChI=1S/C14H25N3O2S/c1-12(2)9-14(15)10-16-20(18,19)17(3)11-13-7-5-4-6-8-13/h4-8,12,14,16H,9-11,15H2,1-3H3. The highest BCUT2D eigenvalue weighted by molar-refractivity contribution is 7.87. The van der Waals surface area contributed by atoms with Crippen molar-refractivity contribution in [3.63, 3.8) is 0 Å². The van der Waals surface area contributed by atoms with Gasteiger partial charge in [-0.3, -0.25) is 0 Å². The molecule has 0 fully saturated rings. The molecule has 1 aromatic rings. The number of nitrogens with one attached hydrogen (secondary N) is 1. The predicted octanol–water partition coefficient (Wildman–Crippen LogP) is 1.33. The fraction of sp³-hybridized carbons (Fsp3) is 0.571. The van der Waals surface area contributed by atoms with Crippen LogP contribution >= 0.6 is 0 Å². The third-order valence-corrected chi connectivity index (χ3v) is 4.44. The van der Waals surface area contributed by atoms with Gasteiger partial charge in [0.1, 0.15) is 0 Å². The Morgan fingerprint density at radius 2 is 1.85 bits per heavy atom. The number of nitrogens with zero attached hydrogens (tertiary/aromatic N) is 1. The molecule has 5 nitrogen and oxygen atoms in total. The van der Waals surface area contributed by atoms with E-state index >= 15 is 0 Å². The topological polar surface area (TPSA) is 75.4 Å². The van der Waals surface area contributed by atoms with Crippen molar-refractivity contribution in [3.05, 3.63) is 35.9 Å². The Labute approximate surface area is 122 Å².